The normalized spacial score (nSPS) is 21.9. The molecule has 2 aromatic carbocycles. The summed E-state index contributed by atoms with van der Waals surface area (Å²) < 4.78 is 0. The zero-order valence-corrected chi connectivity index (χ0v) is 21.3. The molecule has 1 aliphatic carbocycles. The molecular formula is C29H37ClN2O2. The predicted molar refractivity (Wildman–Crippen MR) is 141 cm³/mol. The highest BCUT2D eigenvalue weighted by Crippen LogP contribution is 2.28. The van der Waals surface area contributed by atoms with E-state index in [2.05, 4.69) is 55.3 Å². The van der Waals surface area contributed by atoms with E-state index in [0.29, 0.717) is 12.2 Å². The van der Waals surface area contributed by atoms with Gasteiger partial charge in [0.2, 0.25) is 5.78 Å². The Morgan fingerprint density at radius 1 is 1.15 bits per heavy atom. The van der Waals surface area contributed by atoms with Gasteiger partial charge in [-0.3, -0.25) is 9.69 Å². The summed E-state index contributed by atoms with van der Waals surface area (Å²) in [5.74, 6) is -0.306. The Labute approximate surface area is 209 Å². The fourth-order valence-corrected chi connectivity index (χ4v) is 4.91. The van der Waals surface area contributed by atoms with Crippen LogP contribution in [0.5, 0.6) is 0 Å². The Balaban J connectivity index is 1.61. The van der Waals surface area contributed by atoms with E-state index in [9.17, 15) is 9.90 Å². The fraction of sp³-hybridized carbons (Fsp3) is 0.414. The molecule has 34 heavy (non-hydrogen) atoms. The second-order valence-corrected chi connectivity index (χ2v) is 9.74. The van der Waals surface area contributed by atoms with Crippen molar-refractivity contribution in [1.82, 2.24) is 10.2 Å². The minimum absolute atomic E-state index is 0.144. The van der Waals surface area contributed by atoms with Crippen LogP contribution in [0.3, 0.4) is 0 Å². The summed E-state index contributed by atoms with van der Waals surface area (Å²) in [6.07, 6.45) is 6.30. The van der Waals surface area contributed by atoms with E-state index in [-0.39, 0.29) is 23.4 Å². The number of Topliss-reactive ketones (excluding diaryl/α,β-unsaturated/α-hetero) is 1. The first-order chi connectivity index (χ1) is 16.4. The zero-order valence-electron chi connectivity index (χ0n) is 20.6. The van der Waals surface area contributed by atoms with Gasteiger partial charge in [-0.1, -0.05) is 67.9 Å². The molecule has 3 rings (SSSR count). The third-order valence-electron chi connectivity index (χ3n) is 6.59. The standard InChI is InChI=1S/C29H37ClN2O2/c1-4-32(20-24-17-21(2)18-25(30)19-24)16-15-31-27-12-8-9-22(3)26(28(33)29(27)34)14-13-23-10-6-5-7-11-23/h5-8,10-12,17-19,22,26,31,34H,4,9,13-16,20H2,1-3H3/b12-8+,29-27-. The molecule has 5 heteroatoms. The van der Waals surface area contributed by atoms with Crippen molar-refractivity contribution in [3.63, 3.8) is 0 Å². The molecule has 0 radical (unpaired) electrons. The van der Waals surface area contributed by atoms with Crippen molar-refractivity contribution in [3.05, 3.63) is 93.9 Å². The Bertz CT molecular complexity index is 996. The van der Waals surface area contributed by atoms with Crippen molar-refractivity contribution in [2.75, 3.05) is 19.6 Å². The molecule has 2 unspecified atom stereocenters. The number of halogens is 1. The molecule has 0 saturated heterocycles. The van der Waals surface area contributed by atoms with Crippen LogP contribution in [0.25, 0.3) is 0 Å². The molecule has 0 aliphatic heterocycles. The van der Waals surface area contributed by atoms with Crippen LogP contribution in [0.2, 0.25) is 5.02 Å². The van der Waals surface area contributed by atoms with Gasteiger partial charge in [-0.05, 0) is 73.5 Å². The molecule has 0 amide bonds. The zero-order chi connectivity index (χ0) is 24.5. The van der Waals surface area contributed by atoms with Gasteiger partial charge in [-0.2, -0.15) is 0 Å². The number of aliphatic hydroxyl groups is 1. The van der Waals surface area contributed by atoms with Gasteiger partial charge in [0.25, 0.3) is 0 Å². The van der Waals surface area contributed by atoms with Crippen molar-refractivity contribution in [1.29, 1.82) is 0 Å². The van der Waals surface area contributed by atoms with Crippen LogP contribution in [-0.4, -0.2) is 35.4 Å². The Morgan fingerprint density at radius 2 is 1.91 bits per heavy atom. The molecule has 4 nitrogen and oxygen atoms in total. The molecule has 182 valence electrons. The number of likely N-dealkylation sites (N-methyl/N-ethyl adjacent to an activating group) is 1. The fourth-order valence-electron chi connectivity index (χ4n) is 4.59. The Hall–Kier alpha value is -2.56. The van der Waals surface area contributed by atoms with Crippen LogP contribution in [0.4, 0.5) is 0 Å². The molecule has 2 aromatic rings. The lowest BCUT2D eigenvalue weighted by Crippen LogP contribution is -2.33. The number of rotatable bonds is 10. The number of carbonyl (C=O) groups excluding carboxylic acids is 1. The third-order valence-corrected chi connectivity index (χ3v) is 6.81. The number of benzene rings is 2. The summed E-state index contributed by atoms with van der Waals surface area (Å²) in [7, 11) is 0. The van der Waals surface area contributed by atoms with Crippen LogP contribution >= 0.6 is 11.6 Å². The summed E-state index contributed by atoms with van der Waals surface area (Å²) in [5.41, 5.74) is 4.08. The molecule has 1 aliphatic rings. The van der Waals surface area contributed by atoms with Gasteiger partial charge in [0.15, 0.2) is 5.76 Å². The highest BCUT2D eigenvalue weighted by molar-refractivity contribution is 6.30. The average molecular weight is 481 g/mol. The molecule has 0 bridgehead atoms. The van der Waals surface area contributed by atoms with E-state index in [1.807, 2.05) is 36.4 Å². The first-order valence-electron chi connectivity index (χ1n) is 12.3. The average Bonchev–Trinajstić information content (AvgIpc) is 2.81. The minimum Gasteiger partial charge on any atom is -0.503 e. The summed E-state index contributed by atoms with van der Waals surface area (Å²) in [4.78, 5) is 15.5. The van der Waals surface area contributed by atoms with Gasteiger partial charge in [-0.15, -0.1) is 0 Å². The first kappa shape index (κ1) is 26.1. The van der Waals surface area contributed by atoms with Crippen LogP contribution in [-0.2, 0) is 17.8 Å². The maximum absolute atomic E-state index is 13.2. The van der Waals surface area contributed by atoms with Crippen molar-refractivity contribution in [3.8, 4) is 0 Å². The largest absolute Gasteiger partial charge is 0.503 e. The Kier molecular flexibility index (Phi) is 9.79. The topological polar surface area (TPSA) is 52.6 Å². The minimum atomic E-state index is -0.194. The number of ketones is 1. The lowest BCUT2D eigenvalue weighted by atomic mass is 9.81. The monoisotopic (exact) mass is 480 g/mol. The number of aliphatic hydroxyl groups excluding tert-OH is 1. The van der Waals surface area contributed by atoms with Crippen LogP contribution < -0.4 is 5.32 Å². The van der Waals surface area contributed by atoms with E-state index in [0.717, 1.165) is 49.5 Å². The van der Waals surface area contributed by atoms with Crippen molar-refractivity contribution in [2.45, 2.75) is 46.6 Å². The molecule has 0 saturated carbocycles. The van der Waals surface area contributed by atoms with Crippen molar-refractivity contribution < 1.29 is 9.90 Å². The molecule has 0 aromatic heterocycles. The maximum Gasteiger partial charge on any atom is 0.202 e. The number of carbonyl (C=O) groups is 1. The number of allylic oxidation sites excluding steroid dienone is 3. The van der Waals surface area contributed by atoms with E-state index < -0.39 is 0 Å². The SMILES string of the molecule is CCN(CCNC1=C(\O)C(=O)C(CCc2ccccc2)C(C)C\C=C\1)Cc1cc(C)cc(Cl)c1. The third kappa shape index (κ3) is 7.48. The maximum atomic E-state index is 13.2. The number of nitrogens with zero attached hydrogens (tertiary/aromatic N) is 1. The second kappa shape index (κ2) is 12.8. The van der Waals surface area contributed by atoms with Gasteiger partial charge in [0.05, 0.1) is 5.70 Å². The smallest absolute Gasteiger partial charge is 0.202 e. The molecule has 0 fully saturated rings. The summed E-state index contributed by atoms with van der Waals surface area (Å²) >= 11 is 6.22. The summed E-state index contributed by atoms with van der Waals surface area (Å²) in [6, 6.07) is 16.3. The number of hydrogen-bond acceptors (Lipinski definition) is 4. The van der Waals surface area contributed by atoms with Gasteiger partial charge in [-0.25, -0.2) is 0 Å². The van der Waals surface area contributed by atoms with Crippen molar-refractivity contribution in [2.24, 2.45) is 11.8 Å². The van der Waals surface area contributed by atoms with Gasteiger partial charge < -0.3 is 10.4 Å². The Morgan fingerprint density at radius 3 is 2.62 bits per heavy atom. The van der Waals surface area contributed by atoms with Gasteiger partial charge >= 0.3 is 0 Å². The molecule has 0 heterocycles. The quantitative estimate of drug-likeness (QED) is 0.422. The number of nitrogens with one attached hydrogen (secondary N) is 1. The number of hydrogen-bond donors (Lipinski definition) is 2. The molecular weight excluding hydrogens is 444 g/mol. The van der Waals surface area contributed by atoms with Crippen LogP contribution in [0, 0.1) is 18.8 Å². The van der Waals surface area contributed by atoms with Gasteiger partial charge in [0, 0.05) is 30.6 Å². The van der Waals surface area contributed by atoms with Gasteiger partial charge in [0.1, 0.15) is 0 Å². The first-order valence-corrected chi connectivity index (χ1v) is 12.6. The van der Waals surface area contributed by atoms with E-state index in [4.69, 9.17) is 11.6 Å². The van der Waals surface area contributed by atoms with Crippen LogP contribution in [0.15, 0.2) is 72.1 Å². The van der Waals surface area contributed by atoms with Crippen molar-refractivity contribution >= 4 is 17.4 Å². The second-order valence-electron chi connectivity index (χ2n) is 9.31. The van der Waals surface area contributed by atoms with E-state index in [1.54, 1.807) is 0 Å². The van der Waals surface area contributed by atoms with E-state index >= 15 is 0 Å². The predicted octanol–water partition coefficient (Wildman–Crippen LogP) is 6.24. The lowest BCUT2D eigenvalue weighted by Gasteiger charge is -2.25. The van der Waals surface area contributed by atoms with E-state index in [1.165, 1.54) is 11.1 Å². The lowest BCUT2D eigenvalue weighted by molar-refractivity contribution is -0.123. The molecule has 2 atom stereocenters. The molecule has 2 N–H and O–H groups in total. The molecule has 0 spiro atoms. The highest BCUT2D eigenvalue weighted by atomic mass is 35.5. The summed E-state index contributed by atoms with van der Waals surface area (Å²) in [6.45, 7) is 9.40. The highest BCUT2D eigenvalue weighted by Gasteiger charge is 2.29. The summed E-state index contributed by atoms with van der Waals surface area (Å²) in [5, 5.41) is 14.9. The van der Waals surface area contributed by atoms with Crippen LogP contribution in [0.1, 0.15) is 43.4 Å². The number of aryl methyl sites for hydroxylation is 2.